The number of aliphatic carboxylic acids is 1. The fourth-order valence-corrected chi connectivity index (χ4v) is 1.13. The summed E-state index contributed by atoms with van der Waals surface area (Å²) in [6.45, 7) is -0.116. The number of hydrogen-bond donors (Lipinski definition) is 3. The first-order valence-electron chi connectivity index (χ1n) is 4.58. The lowest BCUT2D eigenvalue weighted by Gasteiger charge is -2.11. The van der Waals surface area contributed by atoms with E-state index in [1.807, 2.05) is 0 Å². The Hall–Kier alpha value is -1.69. The summed E-state index contributed by atoms with van der Waals surface area (Å²) in [5, 5.41) is 20.0. The lowest BCUT2D eigenvalue weighted by atomic mass is 10.2. The van der Waals surface area contributed by atoms with Crippen molar-refractivity contribution in [3.63, 3.8) is 0 Å². The van der Waals surface area contributed by atoms with Gasteiger partial charge in [0.05, 0.1) is 18.2 Å². The van der Waals surface area contributed by atoms with Crippen molar-refractivity contribution in [3.8, 4) is 0 Å². The second-order valence-electron chi connectivity index (χ2n) is 3.26. The Morgan fingerprint density at radius 2 is 2.12 bits per heavy atom. The predicted molar refractivity (Wildman–Crippen MR) is 53.1 cm³/mol. The molecule has 0 saturated carbocycles. The van der Waals surface area contributed by atoms with Crippen molar-refractivity contribution in [1.29, 1.82) is 0 Å². The van der Waals surface area contributed by atoms with E-state index in [0.717, 1.165) is 6.07 Å². The summed E-state index contributed by atoms with van der Waals surface area (Å²) in [7, 11) is 0. The molecule has 0 fully saturated rings. The van der Waals surface area contributed by atoms with E-state index in [1.54, 1.807) is 0 Å². The van der Waals surface area contributed by atoms with Crippen molar-refractivity contribution < 1.29 is 23.8 Å². The van der Waals surface area contributed by atoms with Crippen molar-refractivity contribution in [3.05, 3.63) is 29.8 Å². The number of hydrogen-bond acceptors (Lipinski definition) is 3. The second kappa shape index (κ2) is 5.41. The Morgan fingerprint density at radius 1 is 1.44 bits per heavy atom. The number of anilines is 1. The number of aliphatic hydroxyl groups excluding tert-OH is 1. The van der Waals surface area contributed by atoms with Crippen molar-refractivity contribution >= 4 is 11.7 Å². The van der Waals surface area contributed by atoms with Crippen LogP contribution in [0, 0.1) is 11.6 Å². The van der Waals surface area contributed by atoms with Crippen molar-refractivity contribution in [1.82, 2.24) is 0 Å². The zero-order valence-corrected chi connectivity index (χ0v) is 8.28. The molecule has 1 atom stereocenters. The van der Waals surface area contributed by atoms with Crippen molar-refractivity contribution in [2.45, 2.75) is 12.5 Å². The molecule has 1 unspecified atom stereocenters. The molecule has 16 heavy (non-hydrogen) atoms. The van der Waals surface area contributed by atoms with Gasteiger partial charge in [-0.15, -0.1) is 0 Å². The normalized spacial score (nSPS) is 12.2. The molecule has 0 heterocycles. The van der Waals surface area contributed by atoms with Crippen LogP contribution in [-0.4, -0.2) is 28.8 Å². The molecule has 0 bridgehead atoms. The number of halogens is 2. The van der Waals surface area contributed by atoms with Crippen LogP contribution in [0.5, 0.6) is 0 Å². The third-order valence-electron chi connectivity index (χ3n) is 1.87. The molecule has 0 amide bonds. The topological polar surface area (TPSA) is 69.6 Å². The van der Waals surface area contributed by atoms with Crippen LogP contribution < -0.4 is 5.32 Å². The third kappa shape index (κ3) is 3.82. The number of benzene rings is 1. The minimum absolute atomic E-state index is 0.0193. The van der Waals surface area contributed by atoms with Gasteiger partial charge in [-0.2, -0.15) is 0 Å². The van der Waals surface area contributed by atoms with Gasteiger partial charge in [0, 0.05) is 12.6 Å². The van der Waals surface area contributed by atoms with Crippen molar-refractivity contribution in [2.24, 2.45) is 0 Å². The molecule has 1 aromatic rings. The standard InChI is InChI=1S/C10H11F2NO3/c11-6-1-2-9(8(12)3-6)13-5-7(14)4-10(15)16/h1-3,7,13-14H,4-5H2,(H,15,16). The van der Waals surface area contributed by atoms with Gasteiger partial charge in [0.25, 0.3) is 0 Å². The van der Waals surface area contributed by atoms with E-state index < -0.39 is 30.1 Å². The number of nitrogens with one attached hydrogen (secondary N) is 1. The number of rotatable bonds is 5. The fourth-order valence-electron chi connectivity index (χ4n) is 1.13. The highest BCUT2D eigenvalue weighted by atomic mass is 19.1. The monoisotopic (exact) mass is 231 g/mol. The Labute approximate surface area is 90.5 Å². The molecule has 3 N–H and O–H groups in total. The van der Waals surface area contributed by atoms with E-state index in [9.17, 15) is 18.7 Å². The van der Waals surface area contributed by atoms with Gasteiger partial charge in [0.2, 0.25) is 0 Å². The van der Waals surface area contributed by atoms with E-state index in [2.05, 4.69) is 5.32 Å². The molecule has 4 nitrogen and oxygen atoms in total. The van der Waals surface area contributed by atoms with Crippen LogP contribution in [0.1, 0.15) is 6.42 Å². The average Bonchev–Trinajstić information content (AvgIpc) is 2.15. The third-order valence-corrected chi connectivity index (χ3v) is 1.87. The van der Waals surface area contributed by atoms with Gasteiger partial charge in [-0.05, 0) is 12.1 Å². The van der Waals surface area contributed by atoms with Gasteiger partial charge in [-0.1, -0.05) is 0 Å². The minimum Gasteiger partial charge on any atom is -0.481 e. The molecule has 0 aliphatic carbocycles. The van der Waals surface area contributed by atoms with E-state index >= 15 is 0 Å². The molecule has 88 valence electrons. The van der Waals surface area contributed by atoms with E-state index in [1.165, 1.54) is 6.07 Å². The quantitative estimate of drug-likeness (QED) is 0.712. The van der Waals surface area contributed by atoms with Gasteiger partial charge >= 0.3 is 5.97 Å². The first kappa shape index (κ1) is 12.4. The summed E-state index contributed by atoms with van der Waals surface area (Å²) < 4.78 is 25.6. The van der Waals surface area contributed by atoms with Gasteiger partial charge in [-0.3, -0.25) is 4.79 Å². The molecular weight excluding hydrogens is 220 g/mol. The molecule has 1 rings (SSSR count). The first-order chi connectivity index (χ1) is 7.49. The van der Waals surface area contributed by atoms with Crippen LogP contribution in [0.2, 0.25) is 0 Å². The SMILES string of the molecule is O=C(O)CC(O)CNc1ccc(F)cc1F. The summed E-state index contributed by atoms with van der Waals surface area (Å²) in [6.07, 6.45) is -1.56. The molecule has 0 radical (unpaired) electrons. The zero-order chi connectivity index (χ0) is 12.1. The van der Waals surface area contributed by atoms with Crippen LogP contribution in [-0.2, 0) is 4.79 Å². The van der Waals surface area contributed by atoms with Crippen LogP contribution in [0.3, 0.4) is 0 Å². The molecule has 0 aliphatic heterocycles. The van der Waals surface area contributed by atoms with Crippen molar-refractivity contribution in [2.75, 3.05) is 11.9 Å². The minimum atomic E-state index is -1.14. The number of carbonyl (C=O) groups is 1. The highest BCUT2D eigenvalue weighted by molar-refractivity contribution is 5.67. The van der Waals surface area contributed by atoms with Gasteiger partial charge in [-0.25, -0.2) is 8.78 Å². The lowest BCUT2D eigenvalue weighted by Crippen LogP contribution is -2.23. The molecule has 0 aromatic heterocycles. The predicted octanol–water partition coefficient (Wildman–Crippen LogP) is 1.21. The smallest absolute Gasteiger partial charge is 0.306 e. The maximum atomic E-state index is 13.1. The second-order valence-corrected chi connectivity index (χ2v) is 3.26. The maximum absolute atomic E-state index is 13.1. The molecule has 0 aliphatic rings. The molecule has 6 heteroatoms. The summed E-state index contributed by atoms with van der Waals surface area (Å²) in [6, 6.07) is 2.94. The fraction of sp³-hybridized carbons (Fsp3) is 0.300. The number of carboxylic acids is 1. The Bertz CT molecular complexity index is 384. The average molecular weight is 231 g/mol. The Balaban J connectivity index is 2.51. The molecule has 0 saturated heterocycles. The summed E-state index contributed by atoms with van der Waals surface area (Å²) in [5.41, 5.74) is 0.0193. The van der Waals surface area contributed by atoms with Gasteiger partial charge < -0.3 is 15.5 Å². The largest absolute Gasteiger partial charge is 0.481 e. The molecule has 0 spiro atoms. The van der Waals surface area contributed by atoms with E-state index in [-0.39, 0.29) is 12.2 Å². The van der Waals surface area contributed by atoms with Gasteiger partial charge in [0.15, 0.2) is 0 Å². The zero-order valence-electron chi connectivity index (χ0n) is 8.28. The van der Waals surface area contributed by atoms with Crippen LogP contribution in [0.4, 0.5) is 14.5 Å². The summed E-state index contributed by atoms with van der Waals surface area (Å²) >= 11 is 0. The maximum Gasteiger partial charge on any atom is 0.306 e. The molecule has 1 aromatic carbocycles. The Kier molecular flexibility index (Phi) is 4.19. The number of carboxylic acid groups (broad SMARTS) is 1. The van der Waals surface area contributed by atoms with E-state index in [0.29, 0.717) is 6.07 Å². The van der Waals surface area contributed by atoms with Crippen LogP contribution >= 0.6 is 0 Å². The van der Waals surface area contributed by atoms with Crippen LogP contribution in [0.25, 0.3) is 0 Å². The molecular formula is C10H11F2NO3. The summed E-state index contributed by atoms with van der Waals surface area (Å²) in [4.78, 5) is 10.2. The lowest BCUT2D eigenvalue weighted by molar-refractivity contribution is -0.138. The first-order valence-corrected chi connectivity index (χ1v) is 4.58. The van der Waals surface area contributed by atoms with Crippen LogP contribution in [0.15, 0.2) is 18.2 Å². The number of aliphatic hydroxyl groups is 1. The summed E-state index contributed by atoms with van der Waals surface area (Å²) in [5.74, 6) is -2.63. The van der Waals surface area contributed by atoms with Gasteiger partial charge in [0.1, 0.15) is 11.6 Å². The van der Waals surface area contributed by atoms with E-state index in [4.69, 9.17) is 5.11 Å². The highest BCUT2D eigenvalue weighted by Crippen LogP contribution is 2.14. The highest BCUT2D eigenvalue weighted by Gasteiger charge is 2.10. The Morgan fingerprint density at radius 3 is 2.69 bits per heavy atom.